The van der Waals surface area contributed by atoms with E-state index >= 15 is 0 Å². The lowest BCUT2D eigenvalue weighted by molar-refractivity contribution is -0.143. The molecule has 162 valence electrons. The number of aromatic nitrogens is 1. The highest BCUT2D eigenvalue weighted by Crippen LogP contribution is 2.24. The van der Waals surface area contributed by atoms with E-state index in [0.29, 0.717) is 42.7 Å². The summed E-state index contributed by atoms with van der Waals surface area (Å²) in [5.41, 5.74) is 3.13. The molecule has 7 nitrogen and oxygen atoms in total. The number of esters is 1. The van der Waals surface area contributed by atoms with E-state index in [9.17, 15) is 19.5 Å². The Morgan fingerprint density at radius 2 is 1.87 bits per heavy atom. The molecule has 3 aromatic rings. The number of fused-ring (bicyclic) bond motifs is 1. The highest BCUT2D eigenvalue weighted by Gasteiger charge is 2.19. The molecule has 2 aromatic heterocycles. The van der Waals surface area contributed by atoms with E-state index in [-0.39, 0.29) is 18.3 Å². The molecule has 0 saturated carbocycles. The van der Waals surface area contributed by atoms with E-state index in [1.165, 1.54) is 4.90 Å². The summed E-state index contributed by atoms with van der Waals surface area (Å²) >= 11 is 0. The van der Waals surface area contributed by atoms with E-state index in [0.717, 1.165) is 11.2 Å². The van der Waals surface area contributed by atoms with Crippen LogP contribution in [0.5, 0.6) is 0 Å². The van der Waals surface area contributed by atoms with Crippen molar-refractivity contribution < 1.29 is 24.2 Å². The normalized spacial score (nSPS) is 10.8. The average Bonchev–Trinajstić information content (AvgIpc) is 3.13. The average molecular weight is 422 g/mol. The molecule has 0 unspecified atom stereocenters. The number of carbonyl (C=O) groups excluding carboxylic acids is 2. The lowest BCUT2D eigenvalue weighted by atomic mass is 10.0. The Kier molecular flexibility index (Phi) is 7.07. The van der Waals surface area contributed by atoms with Gasteiger partial charge in [-0.15, -0.1) is 0 Å². The lowest BCUT2D eigenvalue weighted by Crippen LogP contribution is -2.28. The minimum atomic E-state index is -1.06. The van der Waals surface area contributed by atoms with Gasteiger partial charge in [-0.2, -0.15) is 0 Å². The third kappa shape index (κ3) is 4.94. The fourth-order valence-electron chi connectivity index (χ4n) is 3.64. The summed E-state index contributed by atoms with van der Waals surface area (Å²) in [5.74, 6) is -0.404. The van der Waals surface area contributed by atoms with E-state index in [4.69, 9.17) is 4.74 Å². The van der Waals surface area contributed by atoms with Gasteiger partial charge in [-0.25, -0.2) is 4.79 Å². The Morgan fingerprint density at radius 1 is 1.06 bits per heavy atom. The Morgan fingerprint density at radius 3 is 2.58 bits per heavy atom. The Balaban J connectivity index is 1.90. The fourth-order valence-corrected chi connectivity index (χ4v) is 3.64. The van der Waals surface area contributed by atoms with Crippen molar-refractivity contribution in [2.75, 3.05) is 18.1 Å². The number of ether oxygens (including phenoxy) is 1. The lowest BCUT2D eigenvalue weighted by Gasteiger charge is -2.17. The van der Waals surface area contributed by atoms with Crippen LogP contribution in [0.15, 0.2) is 54.7 Å². The van der Waals surface area contributed by atoms with Crippen LogP contribution < -0.4 is 4.90 Å². The minimum Gasteiger partial charge on any atom is -0.466 e. The Hall–Kier alpha value is -3.61. The van der Waals surface area contributed by atoms with Crippen molar-refractivity contribution in [2.24, 2.45) is 0 Å². The van der Waals surface area contributed by atoms with Crippen molar-refractivity contribution in [3.8, 4) is 0 Å². The zero-order valence-electron chi connectivity index (χ0n) is 17.7. The van der Waals surface area contributed by atoms with Gasteiger partial charge in [-0.1, -0.05) is 18.2 Å². The van der Waals surface area contributed by atoms with Crippen LogP contribution in [-0.2, 0) is 16.0 Å². The molecule has 1 N–H and O–H groups in total. The highest BCUT2D eigenvalue weighted by molar-refractivity contribution is 6.14. The van der Waals surface area contributed by atoms with Crippen LogP contribution in [0, 0.1) is 0 Å². The van der Waals surface area contributed by atoms with Gasteiger partial charge in [-0.3, -0.25) is 14.5 Å². The number of hydrogen-bond acceptors (Lipinski definition) is 4. The van der Waals surface area contributed by atoms with Crippen molar-refractivity contribution in [3.63, 3.8) is 0 Å². The van der Waals surface area contributed by atoms with E-state index in [1.54, 1.807) is 38.1 Å². The number of benzene rings is 1. The van der Waals surface area contributed by atoms with Crippen molar-refractivity contribution in [1.82, 2.24) is 4.40 Å². The topological polar surface area (TPSA) is 88.3 Å². The molecule has 0 saturated heterocycles. The van der Waals surface area contributed by atoms with Gasteiger partial charge in [-0.05, 0) is 57.0 Å². The Bertz CT molecular complexity index is 1100. The second-order valence-corrected chi connectivity index (χ2v) is 7.07. The van der Waals surface area contributed by atoms with Gasteiger partial charge < -0.3 is 14.2 Å². The third-order valence-corrected chi connectivity index (χ3v) is 5.09. The number of carbonyl (C=O) groups is 3. The summed E-state index contributed by atoms with van der Waals surface area (Å²) in [6, 6.07) is 14.1. The van der Waals surface area contributed by atoms with Gasteiger partial charge in [0.2, 0.25) is 0 Å². The third-order valence-electron chi connectivity index (χ3n) is 5.09. The van der Waals surface area contributed by atoms with Gasteiger partial charge in [0.05, 0.1) is 12.1 Å². The first-order chi connectivity index (χ1) is 15.0. The SMILES string of the molecule is CCOC(=O)CCCc1cc(C(=O)c2cccc(N(CC)C(=O)O)c2)c2ccccn12. The van der Waals surface area contributed by atoms with Gasteiger partial charge in [0.15, 0.2) is 5.78 Å². The van der Waals surface area contributed by atoms with Crippen molar-refractivity contribution in [3.05, 3.63) is 71.5 Å². The number of aryl methyl sites for hydroxylation is 1. The van der Waals surface area contributed by atoms with Crippen LogP contribution in [-0.4, -0.2) is 40.5 Å². The maximum Gasteiger partial charge on any atom is 0.411 e. The molecular formula is C24H26N2O5. The van der Waals surface area contributed by atoms with Crippen LogP contribution in [0.1, 0.15) is 48.3 Å². The zero-order chi connectivity index (χ0) is 22.4. The molecule has 0 bridgehead atoms. The molecule has 0 radical (unpaired) electrons. The van der Waals surface area contributed by atoms with E-state index < -0.39 is 6.09 Å². The number of ketones is 1. The number of anilines is 1. The van der Waals surface area contributed by atoms with Gasteiger partial charge in [0.1, 0.15) is 0 Å². The molecule has 3 rings (SSSR count). The number of nitrogens with zero attached hydrogens (tertiary/aromatic N) is 2. The first-order valence-corrected chi connectivity index (χ1v) is 10.4. The van der Waals surface area contributed by atoms with Crippen molar-refractivity contribution >= 4 is 29.0 Å². The van der Waals surface area contributed by atoms with Gasteiger partial charge in [0, 0.05) is 41.7 Å². The van der Waals surface area contributed by atoms with Crippen LogP contribution >= 0.6 is 0 Å². The molecule has 2 heterocycles. The number of pyridine rings is 1. The molecule has 0 atom stereocenters. The number of carboxylic acid groups (broad SMARTS) is 1. The maximum atomic E-state index is 13.3. The summed E-state index contributed by atoms with van der Waals surface area (Å²) in [5, 5.41) is 9.38. The minimum absolute atomic E-state index is 0.177. The van der Waals surface area contributed by atoms with Gasteiger partial charge >= 0.3 is 12.1 Å². The summed E-state index contributed by atoms with van der Waals surface area (Å²) < 4.78 is 6.94. The summed E-state index contributed by atoms with van der Waals surface area (Å²) in [4.78, 5) is 37.6. The Labute approximate surface area is 180 Å². The molecule has 0 fully saturated rings. The molecule has 0 aliphatic carbocycles. The second-order valence-electron chi connectivity index (χ2n) is 7.07. The standard InChI is InChI=1S/C24H26N2O5/c1-3-25(24(29)30)18-10-7-9-17(15-18)23(28)20-16-19(11-8-13-22(27)31-4-2)26-14-6-5-12-21(20)26/h5-7,9-10,12,14-16H,3-4,8,11,13H2,1-2H3,(H,29,30). The molecule has 31 heavy (non-hydrogen) atoms. The molecule has 1 aromatic carbocycles. The number of rotatable bonds is 9. The molecule has 1 amide bonds. The maximum absolute atomic E-state index is 13.3. The van der Waals surface area contributed by atoms with E-state index in [2.05, 4.69) is 0 Å². The molecule has 0 aliphatic rings. The first kappa shape index (κ1) is 22.1. The van der Waals surface area contributed by atoms with Crippen molar-refractivity contribution in [1.29, 1.82) is 0 Å². The number of amides is 1. The molecular weight excluding hydrogens is 396 g/mol. The predicted molar refractivity (Wildman–Crippen MR) is 118 cm³/mol. The predicted octanol–water partition coefficient (Wildman–Crippen LogP) is 4.56. The summed E-state index contributed by atoms with van der Waals surface area (Å²) in [7, 11) is 0. The summed E-state index contributed by atoms with van der Waals surface area (Å²) in [6.45, 7) is 4.17. The monoisotopic (exact) mass is 422 g/mol. The van der Waals surface area contributed by atoms with E-state index in [1.807, 2.05) is 34.9 Å². The fraction of sp³-hybridized carbons (Fsp3) is 0.292. The molecule has 0 spiro atoms. The quantitative estimate of drug-likeness (QED) is 0.403. The van der Waals surface area contributed by atoms with Crippen LogP contribution in [0.25, 0.3) is 5.52 Å². The second kappa shape index (κ2) is 9.93. The van der Waals surface area contributed by atoms with Crippen LogP contribution in [0.3, 0.4) is 0 Å². The first-order valence-electron chi connectivity index (χ1n) is 10.4. The van der Waals surface area contributed by atoms with Crippen LogP contribution in [0.4, 0.5) is 10.5 Å². The van der Waals surface area contributed by atoms with Crippen molar-refractivity contribution in [2.45, 2.75) is 33.1 Å². The smallest absolute Gasteiger partial charge is 0.411 e. The van der Waals surface area contributed by atoms with Crippen LogP contribution in [0.2, 0.25) is 0 Å². The number of hydrogen-bond donors (Lipinski definition) is 1. The zero-order valence-corrected chi connectivity index (χ0v) is 17.7. The molecule has 7 heteroatoms. The summed E-state index contributed by atoms with van der Waals surface area (Å²) in [6.07, 6.45) is 2.39. The largest absolute Gasteiger partial charge is 0.466 e. The molecule has 0 aliphatic heterocycles. The highest BCUT2D eigenvalue weighted by atomic mass is 16.5. The van der Waals surface area contributed by atoms with Gasteiger partial charge in [0.25, 0.3) is 0 Å².